The molecular weight excluding hydrogens is 295 g/mol. The van der Waals surface area contributed by atoms with Crippen molar-refractivity contribution < 1.29 is 13.9 Å². The van der Waals surface area contributed by atoms with Crippen LogP contribution in [0, 0.1) is 11.7 Å². The van der Waals surface area contributed by atoms with E-state index >= 15 is 0 Å². The third kappa shape index (κ3) is 4.07. The Labute approximate surface area is 134 Å². The summed E-state index contributed by atoms with van der Waals surface area (Å²) < 4.78 is 19.0. The molecule has 2 N–H and O–H groups in total. The second-order valence-corrected chi connectivity index (χ2v) is 5.57. The van der Waals surface area contributed by atoms with E-state index in [0.717, 1.165) is 25.9 Å². The molecule has 5 heteroatoms. The fraction of sp³-hybridized carbons (Fsp3) is 0.278. The quantitative estimate of drug-likeness (QED) is 0.907. The third-order valence-electron chi connectivity index (χ3n) is 3.88. The fourth-order valence-electron chi connectivity index (χ4n) is 2.64. The summed E-state index contributed by atoms with van der Waals surface area (Å²) in [5.74, 6) is 0.549. The molecule has 2 aromatic carbocycles. The van der Waals surface area contributed by atoms with Gasteiger partial charge in [0.15, 0.2) is 5.75 Å². The van der Waals surface area contributed by atoms with E-state index < -0.39 is 0 Å². The number of halogens is 1. The molecule has 0 bridgehead atoms. The Morgan fingerprint density at radius 3 is 2.70 bits per heavy atom. The van der Waals surface area contributed by atoms with Crippen LogP contribution in [0.25, 0.3) is 0 Å². The summed E-state index contributed by atoms with van der Waals surface area (Å²) in [7, 11) is 0. The largest absolute Gasteiger partial charge is 0.455 e. The van der Waals surface area contributed by atoms with Crippen molar-refractivity contribution in [2.45, 2.75) is 12.8 Å². The summed E-state index contributed by atoms with van der Waals surface area (Å²) in [5.41, 5.74) is 0.597. The van der Waals surface area contributed by atoms with Gasteiger partial charge in [-0.15, -0.1) is 0 Å². The topological polar surface area (TPSA) is 50.4 Å². The molecule has 1 fully saturated rings. The lowest BCUT2D eigenvalue weighted by Crippen LogP contribution is -2.34. The van der Waals surface area contributed by atoms with Gasteiger partial charge in [-0.2, -0.15) is 0 Å². The summed E-state index contributed by atoms with van der Waals surface area (Å²) in [4.78, 5) is 12.4. The molecule has 2 aromatic rings. The van der Waals surface area contributed by atoms with Crippen molar-refractivity contribution in [1.82, 2.24) is 5.32 Å². The first-order valence-corrected chi connectivity index (χ1v) is 7.76. The number of anilines is 1. The fourth-order valence-corrected chi connectivity index (χ4v) is 2.64. The van der Waals surface area contributed by atoms with E-state index in [0.29, 0.717) is 17.2 Å². The molecule has 1 aliphatic heterocycles. The summed E-state index contributed by atoms with van der Waals surface area (Å²) in [5, 5.41) is 6.17. The van der Waals surface area contributed by atoms with Crippen LogP contribution in [-0.4, -0.2) is 19.0 Å². The Balaban J connectivity index is 1.73. The summed E-state index contributed by atoms with van der Waals surface area (Å²) in [6.07, 6.45) is 1.66. The second kappa shape index (κ2) is 7.24. The monoisotopic (exact) mass is 314 g/mol. The number of carbonyl (C=O) groups excluding carboxylic acids is 1. The van der Waals surface area contributed by atoms with Crippen LogP contribution in [-0.2, 0) is 4.79 Å². The maximum Gasteiger partial charge on any atom is 0.227 e. The Morgan fingerprint density at radius 2 is 1.91 bits per heavy atom. The van der Waals surface area contributed by atoms with Crippen LogP contribution < -0.4 is 15.4 Å². The van der Waals surface area contributed by atoms with Crippen LogP contribution >= 0.6 is 0 Å². The SMILES string of the molecule is O=C(Nc1ccccc1Oc1cccc(F)c1)C1CCNCC1. The molecular formula is C18H19FN2O2. The van der Waals surface area contributed by atoms with Crippen molar-refractivity contribution in [3.8, 4) is 11.5 Å². The van der Waals surface area contributed by atoms with Gasteiger partial charge in [-0.1, -0.05) is 18.2 Å². The van der Waals surface area contributed by atoms with Crippen LogP contribution in [0.5, 0.6) is 11.5 Å². The lowest BCUT2D eigenvalue weighted by atomic mass is 9.97. The zero-order valence-corrected chi connectivity index (χ0v) is 12.7. The highest BCUT2D eigenvalue weighted by atomic mass is 19.1. The molecule has 0 radical (unpaired) electrons. The Hall–Kier alpha value is -2.40. The third-order valence-corrected chi connectivity index (χ3v) is 3.88. The standard InChI is InChI=1S/C18H19FN2O2/c19-14-4-3-5-15(12-14)23-17-7-2-1-6-16(17)21-18(22)13-8-10-20-11-9-13/h1-7,12-13,20H,8-11H2,(H,21,22). The molecule has 1 aliphatic rings. The maximum atomic E-state index is 13.3. The van der Waals surface area contributed by atoms with Gasteiger partial charge < -0.3 is 15.4 Å². The minimum absolute atomic E-state index is 0.00166. The highest BCUT2D eigenvalue weighted by Crippen LogP contribution is 2.30. The molecule has 0 aliphatic carbocycles. The van der Waals surface area contributed by atoms with Crippen LogP contribution in [0.1, 0.15) is 12.8 Å². The predicted molar refractivity (Wildman–Crippen MR) is 87.1 cm³/mol. The average molecular weight is 314 g/mol. The van der Waals surface area contributed by atoms with Gasteiger partial charge in [0.25, 0.3) is 0 Å². The van der Waals surface area contributed by atoms with Crippen LogP contribution in [0.4, 0.5) is 10.1 Å². The number of ether oxygens (including phenoxy) is 1. The van der Waals surface area contributed by atoms with Gasteiger partial charge in [0.1, 0.15) is 11.6 Å². The summed E-state index contributed by atoms with van der Waals surface area (Å²) >= 11 is 0. The molecule has 23 heavy (non-hydrogen) atoms. The lowest BCUT2D eigenvalue weighted by molar-refractivity contribution is -0.120. The van der Waals surface area contributed by atoms with Gasteiger partial charge >= 0.3 is 0 Å². The molecule has 0 aromatic heterocycles. The van der Waals surface area contributed by atoms with E-state index in [1.54, 1.807) is 24.3 Å². The van der Waals surface area contributed by atoms with E-state index in [1.165, 1.54) is 12.1 Å². The zero-order chi connectivity index (χ0) is 16.1. The maximum absolute atomic E-state index is 13.3. The number of hydrogen-bond acceptors (Lipinski definition) is 3. The van der Waals surface area contributed by atoms with E-state index in [4.69, 9.17) is 4.74 Å². The smallest absolute Gasteiger partial charge is 0.227 e. The van der Waals surface area contributed by atoms with Crippen LogP contribution in [0.15, 0.2) is 48.5 Å². The van der Waals surface area contributed by atoms with Crippen molar-refractivity contribution in [3.05, 3.63) is 54.3 Å². The number of rotatable bonds is 4. The number of benzene rings is 2. The molecule has 1 heterocycles. The molecule has 120 valence electrons. The van der Waals surface area contributed by atoms with Crippen molar-refractivity contribution in [2.24, 2.45) is 5.92 Å². The first-order valence-electron chi connectivity index (χ1n) is 7.76. The van der Waals surface area contributed by atoms with Gasteiger partial charge in [-0.3, -0.25) is 4.79 Å². The summed E-state index contributed by atoms with van der Waals surface area (Å²) in [6.45, 7) is 1.72. The summed E-state index contributed by atoms with van der Waals surface area (Å²) in [6, 6.07) is 13.1. The molecule has 1 amide bonds. The highest BCUT2D eigenvalue weighted by Gasteiger charge is 2.21. The number of para-hydroxylation sites is 2. The predicted octanol–water partition coefficient (Wildman–Crippen LogP) is 3.56. The Kier molecular flexibility index (Phi) is 4.88. The van der Waals surface area contributed by atoms with Crippen molar-refractivity contribution in [2.75, 3.05) is 18.4 Å². The van der Waals surface area contributed by atoms with Crippen LogP contribution in [0.2, 0.25) is 0 Å². The number of piperidine rings is 1. The van der Waals surface area contributed by atoms with Crippen LogP contribution in [0.3, 0.4) is 0 Å². The van der Waals surface area contributed by atoms with Crippen molar-refractivity contribution in [3.63, 3.8) is 0 Å². The van der Waals surface area contributed by atoms with E-state index in [-0.39, 0.29) is 17.6 Å². The normalized spacial score (nSPS) is 15.2. The molecule has 0 saturated carbocycles. The number of carbonyl (C=O) groups is 1. The number of nitrogens with one attached hydrogen (secondary N) is 2. The molecule has 4 nitrogen and oxygen atoms in total. The molecule has 1 saturated heterocycles. The lowest BCUT2D eigenvalue weighted by Gasteiger charge is -2.22. The molecule has 0 spiro atoms. The van der Waals surface area contributed by atoms with Gasteiger partial charge in [0.2, 0.25) is 5.91 Å². The highest BCUT2D eigenvalue weighted by molar-refractivity contribution is 5.94. The Morgan fingerprint density at radius 1 is 1.13 bits per heavy atom. The number of hydrogen-bond donors (Lipinski definition) is 2. The first kappa shape index (κ1) is 15.5. The van der Waals surface area contributed by atoms with E-state index in [9.17, 15) is 9.18 Å². The minimum atomic E-state index is -0.362. The van der Waals surface area contributed by atoms with Gasteiger partial charge in [-0.25, -0.2) is 4.39 Å². The van der Waals surface area contributed by atoms with Gasteiger partial charge in [0.05, 0.1) is 5.69 Å². The van der Waals surface area contributed by atoms with E-state index in [1.807, 2.05) is 12.1 Å². The minimum Gasteiger partial charge on any atom is -0.455 e. The first-order chi connectivity index (χ1) is 11.2. The van der Waals surface area contributed by atoms with Gasteiger partial charge in [-0.05, 0) is 50.2 Å². The molecule has 0 unspecified atom stereocenters. The molecule has 3 rings (SSSR count). The van der Waals surface area contributed by atoms with Crippen molar-refractivity contribution >= 4 is 11.6 Å². The van der Waals surface area contributed by atoms with Crippen molar-refractivity contribution in [1.29, 1.82) is 0 Å². The Bertz CT molecular complexity index is 684. The van der Waals surface area contributed by atoms with Gasteiger partial charge in [0, 0.05) is 12.0 Å². The van der Waals surface area contributed by atoms with E-state index in [2.05, 4.69) is 10.6 Å². The number of amides is 1. The second-order valence-electron chi connectivity index (χ2n) is 5.57. The zero-order valence-electron chi connectivity index (χ0n) is 12.7. The average Bonchev–Trinajstić information content (AvgIpc) is 2.57. The molecule has 0 atom stereocenters.